The van der Waals surface area contributed by atoms with Gasteiger partial charge in [0.05, 0.1) is 0 Å². The molecule has 0 aliphatic heterocycles. The predicted molar refractivity (Wildman–Crippen MR) is 98.7 cm³/mol. The lowest BCUT2D eigenvalue weighted by molar-refractivity contribution is 1.16. The van der Waals surface area contributed by atoms with Crippen LogP contribution in [0.15, 0.2) is 59.2 Å². The summed E-state index contributed by atoms with van der Waals surface area (Å²) in [5.41, 5.74) is 4.32. The van der Waals surface area contributed by atoms with Gasteiger partial charge in [0.2, 0.25) is 5.95 Å². The Labute approximate surface area is 144 Å². The minimum absolute atomic E-state index is 0.568. The first kappa shape index (κ1) is 15.5. The van der Waals surface area contributed by atoms with Gasteiger partial charge in [0, 0.05) is 22.0 Å². The van der Waals surface area contributed by atoms with Crippen molar-refractivity contribution in [3.63, 3.8) is 0 Å². The van der Waals surface area contributed by atoms with Crippen LogP contribution < -0.4 is 10.6 Å². The topological polar surface area (TPSA) is 49.8 Å². The summed E-state index contributed by atoms with van der Waals surface area (Å²) in [4.78, 5) is 8.79. The lowest BCUT2D eigenvalue weighted by Gasteiger charge is -2.10. The van der Waals surface area contributed by atoms with E-state index in [2.05, 4.69) is 62.5 Å². The Bertz CT molecular complexity index is 833. The van der Waals surface area contributed by atoms with Crippen LogP contribution in [0.5, 0.6) is 0 Å². The molecule has 4 nitrogen and oxygen atoms in total. The van der Waals surface area contributed by atoms with E-state index in [1.165, 1.54) is 5.56 Å². The summed E-state index contributed by atoms with van der Waals surface area (Å²) in [5.74, 6) is 1.32. The highest BCUT2D eigenvalue weighted by atomic mass is 79.9. The van der Waals surface area contributed by atoms with Crippen molar-refractivity contribution < 1.29 is 0 Å². The first-order chi connectivity index (χ1) is 11.1. The number of para-hydroxylation sites is 1. The number of aromatic nitrogens is 2. The molecule has 0 atom stereocenters. The van der Waals surface area contributed by atoms with Gasteiger partial charge in [-0.25, -0.2) is 4.98 Å². The van der Waals surface area contributed by atoms with Gasteiger partial charge in [-0.05, 0) is 55.3 Å². The highest BCUT2D eigenvalue weighted by molar-refractivity contribution is 9.10. The lowest BCUT2D eigenvalue weighted by Crippen LogP contribution is -2.01. The summed E-state index contributed by atoms with van der Waals surface area (Å²) in [6.45, 7) is 4.11. The minimum atomic E-state index is 0.568. The number of hydrogen-bond acceptors (Lipinski definition) is 4. The van der Waals surface area contributed by atoms with Crippen LogP contribution in [0.3, 0.4) is 0 Å². The summed E-state index contributed by atoms with van der Waals surface area (Å²) in [5, 5.41) is 6.55. The average Bonchev–Trinajstić information content (AvgIpc) is 2.54. The first-order valence-electron chi connectivity index (χ1n) is 7.31. The van der Waals surface area contributed by atoms with Crippen molar-refractivity contribution in [3.8, 4) is 0 Å². The monoisotopic (exact) mass is 368 g/mol. The molecule has 0 saturated carbocycles. The van der Waals surface area contributed by atoms with E-state index in [1.54, 1.807) is 6.20 Å². The van der Waals surface area contributed by atoms with E-state index in [-0.39, 0.29) is 0 Å². The molecule has 23 heavy (non-hydrogen) atoms. The van der Waals surface area contributed by atoms with E-state index in [0.29, 0.717) is 5.95 Å². The van der Waals surface area contributed by atoms with Gasteiger partial charge in [0.25, 0.3) is 0 Å². The zero-order chi connectivity index (χ0) is 16.2. The van der Waals surface area contributed by atoms with Crippen LogP contribution in [-0.2, 0) is 0 Å². The second-order valence-electron chi connectivity index (χ2n) is 5.29. The van der Waals surface area contributed by atoms with Crippen LogP contribution >= 0.6 is 15.9 Å². The van der Waals surface area contributed by atoms with Crippen molar-refractivity contribution in [2.24, 2.45) is 0 Å². The molecule has 2 N–H and O–H groups in total. The normalized spacial score (nSPS) is 10.4. The highest BCUT2D eigenvalue weighted by Gasteiger charge is 2.03. The third-order valence-electron chi connectivity index (χ3n) is 3.48. The molecule has 0 bridgehead atoms. The molecule has 0 radical (unpaired) electrons. The number of aryl methyl sites for hydroxylation is 2. The molecule has 3 aromatic rings. The zero-order valence-electron chi connectivity index (χ0n) is 13.0. The second-order valence-corrected chi connectivity index (χ2v) is 6.15. The summed E-state index contributed by atoms with van der Waals surface area (Å²) >= 11 is 3.51. The number of hydrogen-bond donors (Lipinski definition) is 2. The van der Waals surface area contributed by atoms with Gasteiger partial charge in [-0.15, -0.1) is 0 Å². The molecule has 0 saturated heterocycles. The van der Waals surface area contributed by atoms with Gasteiger partial charge in [-0.2, -0.15) is 4.98 Å². The molecule has 0 fully saturated rings. The highest BCUT2D eigenvalue weighted by Crippen LogP contribution is 2.23. The molecule has 3 rings (SSSR count). The molecule has 0 aliphatic carbocycles. The maximum Gasteiger partial charge on any atom is 0.229 e. The Hall–Kier alpha value is -2.40. The van der Waals surface area contributed by atoms with E-state index in [1.807, 2.05) is 36.4 Å². The van der Waals surface area contributed by atoms with Gasteiger partial charge in [-0.3, -0.25) is 0 Å². The van der Waals surface area contributed by atoms with E-state index < -0.39 is 0 Å². The molecule has 116 valence electrons. The zero-order valence-corrected chi connectivity index (χ0v) is 14.6. The molecular weight excluding hydrogens is 352 g/mol. The Kier molecular flexibility index (Phi) is 4.57. The fourth-order valence-corrected chi connectivity index (χ4v) is 2.44. The smallest absolute Gasteiger partial charge is 0.229 e. The van der Waals surface area contributed by atoms with Crippen LogP contribution in [0.2, 0.25) is 0 Å². The van der Waals surface area contributed by atoms with Crippen molar-refractivity contribution in [1.29, 1.82) is 0 Å². The lowest BCUT2D eigenvalue weighted by atomic mass is 10.2. The van der Waals surface area contributed by atoms with Crippen LogP contribution in [0, 0.1) is 13.8 Å². The molecule has 5 heteroatoms. The molecule has 2 aromatic carbocycles. The van der Waals surface area contributed by atoms with Gasteiger partial charge in [0.1, 0.15) is 5.82 Å². The maximum absolute atomic E-state index is 4.51. The number of halogens is 1. The summed E-state index contributed by atoms with van der Waals surface area (Å²) in [7, 11) is 0. The molecule has 0 unspecified atom stereocenters. The fraction of sp³-hybridized carbons (Fsp3) is 0.111. The number of nitrogens with one attached hydrogen (secondary N) is 2. The van der Waals surface area contributed by atoms with E-state index in [4.69, 9.17) is 0 Å². The van der Waals surface area contributed by atoms with E-state index in [9.17, 15) is 0 Å². The van der Waals surface area contributed by atoms with Crippen molar-refractivity contribution in [3.05, 3.63) is 70.3 Å². The summed E-state index contributed by atoms with van der Waals surface area (Å²) in [6, 6.07) is 16.0. The van der Waals surface area contributed by atoms with E-state index >= 15 is 0 Å². The summed E-state index contributed by atoms with van der Waals surface area (Å²) in [6.07, 6.45) is 1.74. The van der Waals surface area contributed by atoms with Crippen LogP contribution in [-0.4, -0.2) is 9.97 Å². The van der Waals surface area contributed by atoms with E-state index in [0.717, 1.165) is 27.2 Å². The van der Waals surface area contributed by atoms with Crippen LogP contribution in [0.25, 0.3) is 0 Å². The third kappa shape index (κ3) is 3.87. The quantitative estimate of drug-likeness (QED) is 0.652. The van der Waals surface area contributed by atoms with Crippen molar-refractivity contribution in [2.75, 3.05) is 10.6 Å². The van der Waals surface area contributed by atoms with Gasteiger partial charge in [0.15, 0.2) is 0 Å². The second kappa shape index (κ2) is 6.79. The summed E-state index contributed by atoms with van der Waals surface area (Å²) < 4.78 is 1.09. The minimum Gasteiger partial charge on any atom is -0.340 e. The van der Waals surface area contributed by atoms with Crippen LogP contribution in [0.1, 0.15) is 11.1 Å². The van der Waals surface area contributed by atoms with Crippen molar-refractivity contribution in [1.82, 2.24) is 9.97 Å². The molecule has 0 aliphatic rings. The van der Waals surface area contributed by atoms with Crippen LogP contribution in [0.4, 0.5) is 23.1 Å². The number of anilines is 4. The number of rotatable bonds is 4. The fourth-order valence-electron chi connectivity index (χ4n) is 2.19. The SMILES string of the molecule is Cc1cc(Nc2ccnc(Nc3ccccc3C)n2)ccc1Br. The van der Waals surface area contributed by atoms with Crippen molar-refractivity contribution in [2.45, 2.75) is 13.8 Å². The van der Waals surface area contributed by atoms with Gasteiger partial charge in [-0.1, -0.05) is 34.1 Å². The first-order valence-corrected chi connectivity index (χ1v) is 8.10. The number of nitrogens with zero attached hydrogens (tertiary/aromatic N) is 2. The standard InChI is InChI=1S/C18H17BrN4/c1-12-5-3-4-6-16(12)22-18-20-10-9-17(23-18)21-14-7-8-15(19)13(2)11-14/h3-11H,1-2H3,(H2,20,21,22,23). The Balaban J connectivity index is 1.79. The molecule has 1 aromatic heterocycles. The largest absolute Gasteiger partial charge is 0.340 e. The number of benzene rings is 2. The van der Waals surface area contributed by atoms with Crippen molar-refractivity contribution >= 4 is 39.1 Å². The van der Waals surface area contributed by atoms with Gasteiger partial charge < -0.3 is 10.6 Å². The Morgan fingerprint density at radius 2 is 1.74 bits per heavy atom. The third-order valence-corrected chi connectivity index (χ3v) is 4.37. The average molecular weight is 369 g/mol. The molecule has 0 amide bonds. The maximum atomic E-state index is 4.51. The Morgan fingerprint density at radius 1 is 0.913 bits per heavy atom. The molecular formula is C18H17BrN4. The molecule has 1 heterocycles. The Morgan fingerprint density at radius 3 is 2.52 bits per heavy atom. The van der Waals surface area contributed by atoms with Gasteiger partial charge >= 0.3 is 0 Å². The predicted octanol–water partition coefficient (Wildman–Crippen LogP) is 5.34. The molecule has 0 spiro atoms.